The van der Waals surface area contributed by atoms with E-state index in [9.17, 15) is 9.59 Å². The molecule has 0 unspecified atom stereocenters. The lowest BCUT2D eigenvalue weighted by Gasteiger charge is -2.04. The lowest BCUT2D eigenvalue weighted by atomic mass is 10.0. The highest BCUT2D eigenvalue weighted by atomic mass is 16.5. The Morgan fingerprint density at radius 2 is 1.79 bits per heavy atom. The smallest absolute Gasteiger partial charge is 0.310 e. The summed E-state index contributed by atoms with van der Waals surface area (Å²) in [6, 6.07) is 12.7. The summed E-state index contributed by atoms with van der Waals surface area (Å²) in [5, 5.41) is 0.907. The molecule has 0 bridgehead atoms. The van der Waals surface area contributed by atoms with Crippen LogP contribution in [0, 0.1) is 13.8 Å². The number of benzene rings is 2. The molecule has 122 valence electrons. The Morgan fingerprint density at radius 1 is 1.04 bits per heavy atom. The van der Waals surface area contributed by atoms with E-state index in [2.05, 4.69) is 0 Å². The summed E-state index contributed by atoms with van der Waals surface area (Å²) in [7, 11) is 0. The fraction of sp³-hybridized carbons (Fsp3) is 0.200. The van der Waals surface area contributed by atoms with Crippen LogP contribution in [0.25, 0.3) is 11.0 Å². The third-order valence-corrected chi connectivity index (χ3v) is 4.14. The molecule has 0 radical (unpaired) electrons. The zero-order valence-corrected chi connectivity index (χ0v) is 13.7. The molecule has 24 heavy (non-hydrogen) atoms. The molecule has 2 aromatic carbocycles. The molecular weight excluding hydrogens is 304 g/mol. The number of ketones is 1. The fourth-order valence-corrected chi connectivity index (χ4v) is 2.59. The molecule has 0 saturated carbocycles. The van der Waals surface area contributed by atoms with Crippen molar-refractivity contribution >= 4 is 22.7 Å². The van der Waals surface area contributed by atoms with E-state index in [0.717, 1.165) is 27.7 Å². The summed E-state index contributed by atoms with van der Waals surface area (Å²) < 4.78 is 10.7. The molecule has 1 aromatic heterocycles. The van der Waals surface area contributed by atoms with E-state index in [-0.39, 0.29) is 18.8 Å². The van der Waals surface area contributed by atoms with E-state index in [1.165, 1.54) is 0 Å². The van der Waals surface area contributed by atoms with Crippen LogP contribution >= 0.6 is 0 Å². The summed E-state index contributed by atoms with van der Waals surface area (Å²) in [4.78, 5) is 24.0. The van der Waals surface area contributed by atoms with Gasteiger partial charge >= 0.3 is 5.97 Å². The van der Waals surface area contributed by atoms with Crippen molar-refractivity contribution in [2.24, 2.45) is 0 Å². The van der Waals surface area contributed by atoms with Crippen LogP contribution in [-0.2, 0) is 16.0 Å². The van der Waals surface area contributed by atoms with E-state index in [1.807, 2.05) is 32.0 Å². The molecule has 0 aliphatic rings. The minimum Gasteiger partial charge on any atom is -0.464 e. The Labute approximate surface area is 140 Å². The highest BCUT2D eigenvalue weighted by Gasteiger charge is 2.15. The van der Waals surface area contributed by atoms with E-state index >= 15 is 0 Å². The number of aryl methyl sites for hydroxylation is 2. The standard InChI is InChI=1S/C20H18O4/c1-13-8-9-17-16(11-24-20(17)14(13)2)10-19(22)23-12-18(21)15-6-4-3-5-7-15/h3-9,11H,10,12H2,1-2H3. The number of furan rings is 1. The Balaban J connectivity index is 1.65. The number of rotatable bonds is 5. The van der Waals surface area contributed by atoms with Gasteiger partial charge in [-0.15, -0.1) is 0 Å². The maximum atomic E-state index is 12.0. The van der Waals surface area contributed by atoms with E-state index in [4.69, 9.17) is 9.15 Å². The summed E-state index contributed by atoms with van der Waals surface area (Å²) in [6.07, 6.45) is 1.66. The highest BCUT2D eigenvalue weighted by molar-refractivity contribution is 5.98. The van der Waals surface area contributed by atoms with Crippen LogP contribution in [0.4, 0.5) is 0 Å². The van der Waals surface area contributed by atoms with Gasteiger partial charge in [0.25, 0.3) is 0 Å². The molecule has 0 atom stereocenters. The van der Waals surface area contributed by atoms with Gasteiger partial charge in [0.05, 0.1) is 12.7 Å². The third-order valence-electron chi connectivity index (χ3n) is 4.14. The van der Waals surface area contributed by atoms with Crippen LogP contribution < -0.4 is 0 Å². The molecule has 4 heteroatoms. The number of Topliss-reactive ketones (excluding diaryl/α,β-unsaturated/α-hetero) is 1. The number of esters is 1. The molecule has 0 fully saturated rings. The van der Waals surface area contributed by atoms with Crippen molar-refractivity contribution in [1.82, 2.24) is 0 Å². The van der Waals surface area contributed by atoms with Gasteiger partial charge in [0.15, 0.2) is 12.4 Å². The zero-order valence-electron chi connectivity index (χ0n) is 13.7. The average Bonchev–Trinajstić information content (AvgIpc) is 3.00. The van der Waals surface area contributed by atoms with Crippen LogP contribution in [0.3, 0.4) is 0 Å². The third kappa shape index (κ3) is 3.23. The van der Waals surface area contributed by atoms with Crippen molar-refractivity contribution in [2.45, 2.75) is 20.3 Å². The van der Waals surface area contributed by atoms with Crippen LogP contribution in [-0.4, -0.2) is 18.4 Å². The second kappa shape index (κ2) is 6.71. The second-order valence-electron chi connectivity index (χ2n) is 5.77. The van der Waals surface area contributed by atoms with Gasteiger partial charge in [0.2, 0.25) is 0 Å². The largest absolute Gasteiger partial charge is 0.464 e. The van der Waals surface area contributed by atoms with Gasteiger partial charge in [0.1, 0.15) is 5.58 Å². The second-order valence-corrected chi connectivity index (χ2v) is 5.77. The molecular formula is C20H18O4. The SMILES string of the molecule is Cc1ccc2c(CC(=O)OCC(=O)c3ccccc3)coc2c1C. The van der Waals surface area contributed by atoms with Gasteiger partial charge < -0.3 is 9.15 Å². The van der Waals surface area contributed by atoms with Crippen molar-refractivity contribution < 1.29 is 18.7 Å². The minimum atomic E-state index is -0.444. The normalized spacial score (nSPS) is 10.8. The minimum absolute atomic E-state index is 0.0809. The van der Waals surface area contributed by atoms with Crippen molar-refractivity contribution in [2.75, 3.05) is 6.61 Å². The predicted molar refractivity (Wildman–Crippen MR) is 91.1 cm³/mol. The Kier molecular flexibility index (Phi) is 4.47. The Hall–Kier alpha value is -2.88. The molecule has 3 rings (SSSR count). The maximum absolute atomic E-state index is 12.0. The van der Waals surface area contributed by atoms with Gasteiger partial charge in [-0.3, -0.25) is 9.59 Å². The van der Waals surface area contributed by atoms with E-state index < -0.39 is 5.97 Å². The molecule has 0 saturated heterocycles. The first kappa shape index (κ1) is 16.0. The highest BCUT2D eigenvalue weighted by Crippen LogP contribution is 2.26. The summed E-state index contributed by atoms with van der Waals surface area (Å²) in [5.74, 6) is -0.660. The Bertz CT molecular complexity index is 891. The summed E-state index contributed by atoms with van der Waals surface area (Å²) in [6.45, 7) is 3.75. The number of hydrogen-bond donors (Lipinski definition) is 0. The number of carbonyl (C=O) groups excluding carboxylic acids is 2. The number of ether oxygens (including phenoxy) is 1. The Morgan fingerprint density at radius 3 is 2.54 bits per heavy atom. The summed E-state index contributed by atoms with van der Waals surface area (Å²) >= 11 is 0. The molecule has 0 aliphatic carbocycles. The van der Waals surface area contributed by atoms with Crippen molar-refractivity contribution in [3.8, 4) is 0 Å². The number of hydrogen-bond acceptors (Lipinski definition) is 4. The summed E-state index contributed by atoms with van der Waals surface area (Å²) in [5.41, 5.74) is 4.29. The number of fused-ring (bicyclic) bond motifs is 1. The van der Waals surface area contributed by atoms with E-state index in [0.29, 0.717) is 5.56 Å². The maximum Gasteiger partial charge on any atom is 0.310 e. The topological polar surface area (TPSA) is 56.5 Å². The van der Waals surface area contributed by atoms with Gasteiger partial charge in [-0.05, 0) is 25.0 Å². The molecule has 0 aliphatic heterocycles. The van der Waals surface area contributed by atoms with Crippen molar-refractivity contribution in [1.29, 1.82) is 0 Å². The predicted octanol–water partition coefficient (Wildman–Crippen LogP) is 4.02. The van der Waals surface area contributed by atoms with Gasteiger partial charge in [0, 0.05) is 16.5 Å². The van der Waals surface area contributed by atoms with Gasteiger partial charge in [-0.25, -0.2) is 0 Å². The van der Waals surface area contributed by atoms with Crippen molar-refractivity contribution in [3.63, 3.8) is 0 Å². The molecule has 0 N–H and O–H groups in total. The van der Waals surface area contributed by atoms with Crippen LogP contribution in [0.1, 0.15) is 27.0 Å². The monoisotopic (exact) mass is 322 g/mol. The van der Waals surface area contributed by atoms with Crippen LogP contribution in [0.5, 0.6) is 0 Å². The average molecular weight is 322 g/mol. The molecule has 4 nitrogen and oxygen atoms in total. The fourth-order valence-electron chi connectivity index (χ4n) is 2.59. The zero-order chi connectivity index (χ0) is 17.1. The van der Waals surface area contributed by atoms with Crippen LogP contribution in [0.15, 0.2) is 53.1 Å². The molecule has 0 spiro atoms. The van der Waals surface area contributed by atoms with Crippen molar-refractivity contribution in [3.05, 3.63) is 71.0 Å². The molecule has 0 amide bonds. The quantitative estimate of drug-likeness (QED) is 0.526. The van der Waals surface area contributed by atoms with Gasteiger partial charge in [-0.1, -0.05) is 42.5 Å². The number of carbonyl (C=O) groups is 2. The molecule has 1 heterocycles. The lowest BCUT2D eigenvalue weighted by Crippen LogP contribution is -2.15. The lowest BCUT2D eigenvalue weighted by molar-refractivity contribution is -0.141. The first-order chi connectivity index (χ1) is 11.6. The van der Waals surface area contributed by atoms with E-state index in [1.54, 1.807) is 30.5 Å². The van der Waals surface area contributed by atoms with Crippen LogP contribution in [0.2, 0.25) is 0 Å². The first-order valence-corrected chi connectivity index (χ1v) is 7.76. The van der Waals surface area contributed by atoms with Gasteiger partial charge in [-0.2, -0.15) is 0 Å². The molecule has 3 aromatic rings. The first-order valence-electron chi connectivity index (χ1n) is 7.76.